The zero-order valence-electron chi connectivity index (χ0n) is 13.1. The summed E-state index contributed by atoms with van der Waals surface area (Å²) in [7, 11) is 0. The highest BCUT2D eigenvalue weighted by molar-refractivity contribution is 5.90. The standard InChI is InChI=1S/C18H23N3O/c1-2-14-8-10-16(11-9-14)19-18(22)13-21-12-15-6-4-3-5-7-17(15)20-21/h8-12H,2-7,13H2,1H3,(H,19,22). The number of benzene rings is 1. The number of carbonyl (C=O) groups is 1. The molecule has 1 aromatic carbocycles. The number of fused-ring (bicyclic) bond motifs is 1. The van der Waals surface area contributed by atoms with Crippen molar-refractivity contribution < 1.29 is 4.79 Å². The molecule has 1 heterocycles. The average molecular weight is 297 g/mol. The van der Waals surface area contributed by atoms with Crippen LogP contribution in [0.25, 0.3) is 0 Å². The van der Waals surface area contributed by atoms with Crippen LogP contribution in [-0.4, -0.2) is 15.7 Å². The van der Waals surface area contributed by atoms with Gasteiger partial charge in [0.05, 0.1) is 5.69 Å². The van der Waals surface area contributed by atoms with Crippen molar-refractivity contribution in [2.24, 2.45) is 0 Å². The first kappa shape index (κ1) is 14.8. The molecule has 0 fully saturated rings. The molecule has 1 aliphatic rings. The fraction of sp³-hybridized carbons (Fsp3) is 0.444. The molecule has 1 aromatic heterocycles. The largest absolute Gasteiger partial charge is 0.324 e. The summed E-state index contributed by atoms with van der Waals surface area (Å²) in [6.45, 7) is 2.40. The Morgan fingerprint density at radius 1 is 1.18 bits per heavy atom. The summed E-state index contributed by atoms with van der Waals surface area (Å²) in [5.74, 6) is -0.0260. The fourth-order valence-corrected chi connectivity index (χ4v) is 2.96. The molecule has 0 saturated carbocycles. The Morgan fingerprint density at radius 3 is 2.73 bits per heavy atom. The number of nitrogens with zero attached hydrogens (tertiary/aromatic N) is 2. The van der Waals surface area contributed by atoms with Crippen LogP contribution in [0.5, 0.6) is 0 Å². The second-order valence-corrected chi connectivity index (χ2v) is 5.96. The van der Waals surface area contributed by atoms with E-state index in [1.165, 1.54) is 36.1 Å². The zero-order chi connectivity index (χ0) is 15.4. The number of amides is 1. The molecular weight excluding hydrogens is 274 g/mol. The van der Waals surface area contributed by atoms with Crippen molar-refractivity contribution in [1.29, 1.82) is 0 Å². The van der Waals surface area contributed by atoms with Crippen LogP contribution in [0.2, 0.25) is 0 Å². The van der Waals surface area contributed by atoms with E-state index in [0.717, 1.165) is 24.9 Å². The molecule has 0 spiro atoms. The Kier molecular flexibility index (Phi) is 4.56. The molecular formula is C18H23N3O. The molecule has 1 N–H and O–H groups in total. The van der Waals surface area contributed by atoms with Crippen LogP contribution in [0.15, 0.2) is 30.5 Å². The molecule has 3 rings (SSSR count). The van der Waals surface area contributed by atoms with Gasteiger partial charge in [0.25, 0.3) is 0 Å². The van der Waals surface area contributed by atoms with Crippen LogP contribution < -0.4 is 5.32 Å². The minimum atomic E-state index is -0.0260. The van der Waals surface area contributed by atoms with Crippen molar-refractivity contribution in [3.63, 3.8) is 0 Å². The van der Waals surface area contributed by atoms with Gasteiger partial charge in [0.2, 0.25) is 5.91 Å². The molecule has 0 bridgehead atoms. The molecule has 22 heavy (non-hydrogen) atoms. The van der Waals surface area contributed by atoms with E-state index in [1.54, 1.807) is 4.68 Å². The smallest absolute Gasteiger partial charge is 0.246 e. The monoisotopic (exact) mass is 297 g/mol. The molecule has 0 unspecified atom stereocenters. The second kappa shape index (κ2) is 6.77. The summed E-state index contributed by atoms with van der Waals surface area (Å²) in [6.07, 6.45) is 8.91. The summed E-state index contributed by atoms with van der Waals surface area (Å²) in [4.78, 5) is 12.1. The zero-order valence-corrected chi connectivity index (χ0v) is 13.1. The molecule has 0 radical (unpaired) electrons. The average Bonchev–Trinajstić information content (AvgIpc) is 2.76. The van der Waals surface area contributed by atoms with Gasteiger partial charge >= 0.3 is 0 Å². The Bertz CT molecular complexity index is 619. The normalized spacial score (nSPS) is 14.2. The first-order chi connectivity index (χ1) is 10.7. The summed E-state index contributed by atoms with van der Waals surface area (Å²) < 4.78 is 1.78. The van der Waals surface area contributed by atoms with Crippen LogP contribution in [-0.2, 0) is 30.6 Å². The Labute approximate surface area is 131 Å². The van der Waals surface area contributed by atoms with E-state index in [9.17, 15) is 4.79 Å². The number of anilines is 1. The topological polar surface area (TPSA) is 46.9 Å². The van der Waals surface area contributed by atoms with E-state index in [1.807, 2.05) is 30.5 Å². The van der Waals surface area contributed by atoms with E-state index >= 15 is 0 Å². The van der Waals surface area contributed by atoms with Crippen molar-refractivity contribution >= 4 is 11.6 Å². The predicted molar refractivity (Wildman–Crippen MR) is 87.9 cm³/mol. The van der Waals surface area contributed by atoms with Crippen LogP contribution in [0.4, 0.5) is 5.69 Å². The molecule has 0 aliphatic heterocycles. The number of aryl methyl sites for hydroxylation is 3. The Balaban J connectivity index is 1.61. The van der Waals surface area contributed by atoms with Gasteiger partial charge in [0.1, 0.15) is 6.54 Å². The van der Waals surface area contributed by atoms with Gasteiger partial charge in [-0.15, -0.1) is 0 Å². The van der Waals surface area contributed by atoms with Crippen LogP contribution >= 0.6 is 0 Å². The third kappa shape index (κ3) is 3.56. The number of hydrogen-bond donors (Lipinski definition) is 1. The second-order valence-electron chi connectivity index (χ2n) is 5.96. The van der Waals surface area contributed by atoms with Crippen molar-refractivity contribution in [3.8, 4) is 0 Å². The summed E-state index contributed by atoms with van der Waals surface area (Å²) in [5.41, 5.74) is 4.61. The lowest BCUT2D eigenvalue weighted by molar-refractivity contribution is -0.116. The molecule has 1 aliphatic carbocycles. The highest BCUT2D eigenvalue weighted by Gasteiger charge is 2.13. The lowest BCUT2D eigenvalue weighted by atomic mass is 10.1. The molecule has 0 saturated heterocycles. The molecule has 1 amide bonds. The third-order valence-electron chi connectivity index (χ3n) is 4.24. The summed E-state index contributed by atoms with van der Waals surface area (Å²) in [6, 6.07) is 8.00. The third-order valence-corrected chi connectivity index (χ3v) is 4.24. The fourth-order valence-electron chi connectivity index (χ4n) is 2.96. The van der Waals surface area contributed by atoms with Crippen molar-refractivity contribution in [3.05, 3.63) is 47.3 Å². The number of aromatic nitrogens is 2. The molecule has 2 aromatic rings. The Hall–Kier alpha value is -2.10. The van der Waals surface area contributed by atoms with Gasteiger partial charge in [-0.2, -0.15) is 5.10 Å². The minimum Gasteiger partial charge on any atom is -0.324 e. The van der Waals surface area contributed by atoms with Crippen LogP contribution in [0, 0.1) is 0 Å². The van der Waals surface area contributed by atoms with Gasteiger partial charge in [-0.3, -0.25) is 9.48 Å². The lowest BCUT2D eigenvalue weighted by Crippen LogP contribution is -2.19. The lowest BCUT2D eigenvalue weighted by Gasteiger charge is -2.06. The van der Waals surface area contributed by atoms with Gasteiger partial charge < -0.3 is 5.32 Å². The number of nitrogens with one attached hydrogen (secondary N) is 1. The summed E-state index contributed by atoms with van der Waals surface area (Å²) in [5, 5.41) is 7.51. The summed E-state index contributed by atoms with van der Waals surface area (Å²) >= 11 is 0. The van der Waals surface area contributed by atoms with E-state index in [0.29, 0.717) is 0 Å². The van der Waals surface area contributed by atoms with Gasteiger partial charge in [-0.1, -0.05) is 25.5 Å². The maximum absolute atomic E-state index is 12.1. The van der Waals surface area contributed by atoms with Crippen molar-refractivity contribution in [2.45, 2.75) is 52.0 Å². The Morgan fingerprint density at radius 2 is 1.95 bits per heavy atom. The maximum Gasteiger partial charge on any atom is 0.246 e. The van der Waals surface area contributed by atoms with Crippen molar-refractivity contribution in [2.75, 3.05) is 5.32 Å². The molecule has 116 valence electrons. The number of carbonyl (C=O) groups excluding carboxylic acids is 1. The number of hydrogen-bond acceptors (Lipinski definition) is 2. The number of rotatable bonds is 4. The quantitative estimate of drug-likeness (QED) is 0.880. The molecule has 0 atom stereocenters. The van der Waals surface area contributed by atoms with E-state index < -0.39 is 0 Å². The highest BCUT2D eigenvalue weighted by Crippen LogP contribution is 2.19. The highest BCUT2D eigenvalue weighted by atomic mass is 16.2. The van der Waals surface area contributed by atoms with Gasteiger partial charge in [0.15, 0.2) is 0 Å². The van der Waals surface area contributed by atoms with Gasteiger partial charge in [-0.05, 0) is 55.4 Å². The van der Waals surface area contributed by atoms with Gasteiger partial charge in [0, 0.05) is 11.9 Å². The molecule has 4 nitrogen and oxygen atoms in total. The van der Waals surface area contributed by atoms with E-state index in [2.05, 4.69) is 17.3 Å². The van der Waals surface area contributed by atoms with E-state index in [-0.39, 0.29) is 12.5 Å². The maximum atomic E-state index is 12.1. The van der Waals surface area contributed by atoms with Gasteiger partial charge in [-0.25, -0.2) is 0 Å². The molecule has 4 heteroatoms. The first-order valence-electron chi connectivity index (χ1n) is 8.18. The SMILES string of the molecule is CCc1ccc(NC(=O)Cn2cc3c(n2)CCCCC3)cc1. The minimum absolute atomic E-state index is 0.0260. The van der Waals surface area contributed by atoms with Crippen LogP contribution in [0.1, 0.15) is 43.0 Å². The van der Waals surface area contributed by atoms with Crippen molar-refractivity contribution in [1.82, 2.24) is 9.78 Å². The van der Waals surface area contributed by atoms with Crippen LogP contribution in [0.3, 0.4) is 0 Å². The first-order valence-corrected chi connectivity index (χ1v) is 8.18. The van der Waals surface area contributed by atoms with E-state index in [4.69, 9.17) is 0 Å². The predicted octanol–water partition coefficient (Wildman–Crippen LogP) is 3.35.